The van der Waals surface area contributed by atoms with Crippen LogP contribution < -0.4 is 4.90 Å². The fraction of sp³-hybridized carbons (Fsp3) is 0.176. The summed E-state index contributed by atoms with van der Waals surface area (Å²) in [5, 5.41) is 17.8. The molecule has 0 saturated carbocycles. The van der Waals surface area contributed by atoms with Crippen molar-refractivity contribution in [2.24, 2.45) is 0 Å². The number of carboxylic acid groups (broad SMARTS) is 1. The summed E-state index contributed by atoms with van der Waals surface area (Å²) >= 11 is 0. The average Bonchev–Trinajstić information content (AvgIpc) is 2.47. The van der Waals surface area contributed by atoms with Crippen LogP contribution in [0.4, 0.5) is 5.69 Å². The molecule has 106 valence electrons. The highest BCUT2D eigenvalue weighted by molar-refractivity contribution is 5.87. The second-order valence-electron chi connectivity index (χ2n) is 4.97. The largest absolute Gasteiger partial charge is 0.478 e. The first-order valence-corrected chi connectivity index (χ1v) is 6.55. The summed E-state index contributed by atoms with van der Waals surface area (Å²) in [5.74, 6) is -0.919. The van der Waals surface area contributed by atoms with Crippen molar-refractivity contribution in [2.45, 2.75) is 13.5 Å². The van der Waals surface area contributed by atoms with Gasteiger partial charge in [-0.1, -0.05) is 12.1 Å². The molecule has 0 radical (unpaired) electrons. The molecular formula is C17H16N2O2. The lowest BCUT2D eigenvalue weighted by Crippen LogP contribution is -2.16. The summed E-state index contributed by atoms with van der Waals surface area (Å²) in [4.78, 5) is 12.9. The lowest BCUT2D eigenvalue weighted by Gasteiger charge is -2.20. The molecule has 2 aromatic carbocycles. The first kappa shape index (κ1) is 14.6. The first-order chi connectivity index (χ1) is 10.0. The molecule has 0 bridgehead atoms. The monoisotopic (exact) mass is 280 g/mol. The van der Waals surface area contributed by atoms with Gasteiger partial charge < -0.3 is 10.0 Å². The molecule has 4 heteroatoms. The Morgan fingerprint density at radius 1 is 1.24 bits per heavy atom. The second-order valence-corrected chi connectivity index (χ2v) is 4.97. The van der Waals surface area contributed by atoms with Crippen LogP contribution in [0.3, 0.4) is 0 Å². The van der Waals surface area contributed by atoms with Gasteiger partial charge in [0.05, 0.1) is 17.2 Å². The molecule has 0 aliphatic rings. The van der Waals surface area contributed by atoms with E-state index < -0.39 is 5.97 Å². The minimum Gasteiger partial charge on any atom is -0.478 e. The van der Waals surface area contributed by atoms with E-state index in [0.717, 1.165) is 16.8 Å². The maximum Gasteiger partial charge on any atom is 0.335 e. The molecule has 0 atom stereocenters. The van der Waals surface area contributed by atoms with E-state index in [1.807, 2.05) is 44.3 Å². The zero-order valence-corrected chi connectivity index (χ0v) is 12.0. The van der Waals surface area contributed by atoms with Crippen LogP contribution in [0, 0.1) is 18.3 Å². The van der Waals surface area contributed by atoms with E-state index in [0.29, 0.717) is 12.1 Å². The van der Waals surface area contributed by atoms with E-state index in [9.17, 15) is 4.79 Å². The molecule has 0 aromatic heterocycles. The first-order valence-electron chi connectivity index (χ1n) is 6.55. The number of carboxylic acids is 1. The van der Waals surface area contributed by atoms with Crippen molar-refractivity contribution in [3.63, 3.8) is 0 Å². The molecule has 0 unspecified atom stereocenters. The number of nitrogens with zero attached hydrogens (tertiary/aromatic N) is 2. The van der Waals surface area contributed by atoms with Gasteiger partial charge in [0.25, 0.3) is 0 Å². The number of aryl methyl sites for hydroxylation is 1. The molecule has 4 nitrogen and oxygen atoms in total. The van der Waals surface area contributed by atoms with Crippen LogP contribution in [-0.4, -0.2) is 18.1 Å². The van der Waals surface area contributed by atoms with Gasteiger partial charge >= 0.3 is 5.97 Å². The molecule has 0 spiro atoms. The van der Waals surface area contributed by atoms with Crippen LogP contribution in [0.5, 0.6) is 0 Å². The van der Waals surface area contributed by atoms with Gasteiger partial charge in [0.15, 0.2) is 0 Å². The van der Waals surface area contributed by atoms with Gasteiger partial charge in [0, 0.05) is 19.3 Å². The van der Waals surface area contributed by atoms with E-state index in [1.54, 1.807) is 12.1 Å². The molecule has 0 fully saturated rings. The van der Waals surface area contributed by atoms with Gasteiger partial charge in [-0.25, -0.2) is 4.79 Å². The van der Waals surface area contributed by atoms with Crippen molar-refractivity contribution in [1.82, 2.24) is 0 Å². The molecular weight excluding hydrogens is 264 g/mol. The Morgan fingerprint density at radius 2 is 1.90 bits per heavy atom. The van der Waals surface area contributed by atoms with E-state index >= 15 is 0 Å². The third-order valence-corrected chi connectivity index (χ3v) is 3.39. The number of anilines is 1. The number of hydrogen-bond donors (Lipinski definition) is 1. The van der Waals surface area contributed by atoms with Crippen LogP contribution in [0.15, 0.2) is 42.5 Å². The van der Waals surface area contributed by atoms with Crippen molar-refractivity contribution in [3.05, 3.63) is 64.7 Å². The number of rotatable bonds is 4. The molecule has 0 aliphatic carbocycles. The quantitative estimate of drug-likeness (QED) is 0.934. The number of aromatic carboxylic acids is 1. The lowest BCUT2D eigenvalue weighted by atomic mass is 10.1. The Hall–Kier alpha value is -2.80. The minimum absolute atomic E-state index is 0.288. The number of carbonyl (C=O) groups is 1. The van der Waals surface area contributed by atoms with E-state index in [1.165, 1.54) is 0 Å². The van der Waals surface area contributed by atoms with Crippen LogP contribution in [0.25, 0.3) is 0 Å². The maximum absolute atomic E-state index is 10.8. The molecule has 2 aromatic rings. The Bertz CT molecular complexity index is 700. The van der Waals surface area contributed by atoms with Crippen LogP contribution >= 0.6 is 0 Å². The fourth-order valence-electron chi connectivity index (χ4n) is 2.13. The third kappa shape index (κ3) is 3.40. The Morgan fingerprint density at radius 3 is 2.43 bits per heavy atom. The third-order valence-electron chi connectivity index (χ3n) is 3.39. The van der Waals surface area contributed by atoms with Crippen molar-refractivity contribution >= 4 is 11.7 Å². The number of hydrogen-bond acceptors (Lipinski definition) is 3. The Labute approximate surface area is 123 Å². The lowest BCUT2D eigenvalue weighted by molar-refractivity contribution is 0.0697. The summed E-state index contributed by atoms with van der Waals surface area (Å²) in [7, 11) is 1.96. The van der Waals surface area contributed by atoms with Gasteiger partial charge in [-0.2, -0.15) is 5.26 Å². The average molecular weight is 280 g/mol. The van der Waals surface area contributed by atoms with Crippen molar-refractivity contribution < 1.29 is 9.90 Å². The Balaban J connectivity index is 2.14. The molecule has 0 aliphatic heterocycles. The molecule has 21 heavy (non-hydrogen) atoms. The van der Waals surface area contributed by atoms with E-state index in [2.05, 4.69) is 11.0 Å². The van der Waals surface area contributed by atoms with Gasteiger partial charge in [0.2, 0.25) is 0 Å². The Kier molecular flexibility index (Phi) is 4.24. The summed E-state index contributed by atoms with van der Waals surface area (Å²) in [5.41, 5.74) is 3.97. The number of nitriles is 1. The van der Waals surface area contributed by atoms with Gasteiger partial charge in [-0.05, 0) is 48.4 Å². The predicted octanol–water partition coefficient (Wildman–Crippen LogP) is 3.20. The number of benzene rings is 2. The van der Waals surface area contributed by atoms with Crippen LogP contribution in [-0.2, 0) is 6.54 Å². The maximum atomic E-state index is 10.8. The van der Waals surface area contributed by atoms with Crippen LogP contribution in [0.2, 0.25) is 0 Å². The predicted molar refractivity (Wildman–Crippen MR) is 81.4 cm³/mol. The van der Waals surface area contributed by atoms with E-state index in [-0.39, 0.29) is 5.56 Å². The summed E-state index contributed by atoms with van der Waals surface area (Å²) in [6.07, 6.45) is 0. The molecule has 1 N–H and O–H groups in total. The standard InChI is InChI=1S/C17H16N2O2/c1-12-9-16(8-7-15(12)10-18)19(2)11-13-3-5-14(6-4-13)17(20)21/h3-9H,11H2,1-2H3,(H,20,21). The zero-order chi connectivity index (χ0) is 15.4. The van der Waals surface area contributed by atoms with Crippen molar-refractivity contribution in [1.29, 1.82) is 5.26 Å². The van der Waals surface area contributed by atoms with Crippen LogP contribution in [0.1, 0.15) is 27.0 Å². The van der Waals surface area contributed by atoms with Gasteiger partial charge in [-0.15, -0.1) is 0 Å². The summed E-state index contributed by atoms with van der Waals surface area (Å²) < 4.78 is 0. The second kappa shape index (κ2) is 6.10. The highest BCUT2D eigenvalue weighted by Crippen LogP contribution is 2.19. The fourth-order valence-corrected chi connectivity index (χ4v) is 2.13. The topological polar surface area (TPSA) is 64.3 Å². The van der Waals surface area contributed by atoms with Gasteiger partial charge in [-0.3, -0.25) is 0 Å². The van der Waals surface area contributed by atoms with Gasteiger partial charge in [0.1, 0.15) is 0 Å². The molecule has 0 heterocycles. The normalized spacial score (nSPS) is 9.95. The molecule has 2 rings (SSSR count). The molecule has 0 amide bonds. The smallest absolute Gasteiger partial charge is 0.335 e. The zero-order valence-electron chi connectivity index (χ0n) is 12.0. The highest BCUT2D eigenvalue weighted by Gasteiger charge is 2.06. The highest BCUT2D eigenvalue weighted by atomic mass is 16.4. The van der Waals surface area contributed by atoms with Crippen molar-refractivity contribution in [3.8, 4) is 6.07 Å². The van der Waals surface area contributed by atoms with Crippen molar-refractivity contribution in [2.75, 3.05) is 11.9 Å². The molecule has 0 saturated heterocycles. The summed E-state index contributed by atoms with van der Waals surface area (Å²) in [6, 6.07) is 14.7. The SMILES string of the molecule is Cc1cc(N(C)Cc2ccc(C(=O)O)cc2)ccc1C#N. The summed E-state index contributed by atoms with van der Waals surface area (Å²) in [6.45, 7) is 2.59. The minimum atomic E-state index is -0.919. The van der Waals surface area contributed by atoms with E-state index in [4.69, 9.17) is 10.4 Å².